The first-order valence-corrected chi connectivity index (χ1v) is 9.87. The first kappa shape index (κ1) is 20.2. The van der Waals surface area contributed by atoms with E-state index in [-0.39, 0.29) is 24.3 Å². The molecule has 0 radical (unpaired) electrons. The highest BCUT2D eigenvalue weighted by atomic mass is 79.9. The number of imide groups is 1. The summed E-state index contributed by atoms with van der Waals surface area (Å²) in [5.74, 6) is -0.474. The number of hydrogen-bond donors (Lipinski definition) is 0. The van der Waals surface area contributed by atoms with Gasteiger partial charge in [0.05, 0.1) is 18.6 Å². The van der Waals surface area contributed by atoms with Crippen molar-refractivity contribution in [3.63, 3.8) is 0 Å². The van der Waals surface area contributed by atoms with E-state index in [1.807, 2.05) is 30.3 Å². The average molecular weight is 462 g/mol. The summed E-state index contributed by atoms with van der Waals surface area (Å²) in [7, 11) is 1.27. The van der Waals surface area contributed by atoms with Gasteiger partial charge in [-0.3, -0.25) is 14.5 Å². The summed E-state index contributed by atoms with van der Waals surface area (Å²) in [5, 5.41) is -0.327. The van der Waals surface area contributed by atoms with Crippen LogP contribution in [0.4, 0.5) is 4.79 Å². The van der Waals surface area contributed by atoms with E-state index in [1.54, 1.807) is 24.3 Å². The fraction of sp³-hybridized carbons (Fsp3) is 0.150. The lowest BCUT2D eigenvalue weighted by Crippen LogP contribution is -2.27. The Morgan fingerprint density at radius 2 is 1.93 bits per heavy atom. The molecule has 0 saturated carbocycles. The number of benzene rings is 2. The molecule has 1 fully saturated rings. The molecule has 1 aliphatic rings. The molecule has 2 aromatic carbocycles. The van der Waals surface area contributed by atoms with Crippen LogP contribution in [0.2, 0.25) is 0 Å². The molecule has 2 aromatic rings. The minimum Gasteiger partial charge on any atom is -0.481 e. The highest BCUT2D eigenvalue weighted by Crippen LogP contribution is 2.35. The van der Waals surface area contributed by atoms with Crippen molar-refractivity contribution in [2.75, 3.05) is 13.7 Å². The van der Waals surface area contributed by atoms with Crippen LogP contribution in [0.5, 0.6) is 5.75 Å². The van der Waals surface area contributed by atoms with Gasteiger partial charge in [-0.05, 0) is 41.6 Å². The van der Waals surface area contributed by atoms with E-state index in [2.05, 4.69) is 20.7 Å². The van der Waals surface area contributed by atoms with Gasteiger partial charge in [0.15, 0.2) is 6.61 Å². The zero-order valence-electron chi connectivity index (χ0n) is 14.9. The van der Waals surface area contributed by atoms with E-state index >= 15 is 0 Å². The Kier molecular flexibility index (Phi) is 6.53. The second-order valence-corrected chi connectivity index (χ2v) is 7.71. The lowest BCUT2D eigenvalue weighted by molar-refractivity contribution is -0.142. The quantitative estimate of drug-likeness (QED) is 0.473. The number of methoxy groups -OCH3 is 1. The molecular weight excluding hydrogens is 446 g/mol. The zero-order valence-corrected chi connectivity index (χ0v) is 17.3. The Hall–Kier alpha value is -2.58. The molecule has 0 aromatic heterocycles. The smallest absolute Gasteiger partial charge is 0.343 e. The third-order valence-corrected chi connectivity index (χ3v) is 5.29. The first-order valence-electron chi connectivity index (χ1n) is 8.26. The van der Waals surface area contributed by atoms with Crippen molar-refractivity contribution in [3.05, 3.63) is 69.0 Å². The van der Waals surface area contributed by atoms with Crippen LogP contribution in [-0.2, 0) is 20.9 Å². The van der Waals surface area contributed by atoms with Crippen molar-refractivity contribution in [1.82, 2.24) is 4.90 Å². The van der Waals surface area contributed by atoms with Crippen molar-refractivity contribution in [3.8, 4) is 5.75 Å². The molecule has 1 aliphatic heterocycles. The van der Waals surface area contributed by atoms with Gasteiger partial charge in [-0.2, -0.15) is 0 Å². The molecule has 0 spiro atoms. The van der Waals surface area contributed by atoms with Crippen LogP contribution in [0.15, 0.2) is 57.9 Å². The van der Waals surface area contributed by atoms with E-state index in [9.17, 15) is 14.4 Å². The Bertz CT molecular complexity index is 945. The molecule has 0 atom stereocenters. The molecule has 8 heteroatoms. The molecule has 0 unspecified atom stereocenters. The summed E-state index contributed by atoms with van der Waals surface area (Å²) in [6.45, 7) is -0.0402. The summed E-state index contributed by atoms with van der Waals surface area (Å²) in [4.78, 5) is 37.9. The Morgan fingerprint density at radius 1 is 1.18 bits per heavy atom. The van der Waals surface area contributed by atoms with Gasteiger partial charge in [0.1, 0.15) is 5.75 Å². The van der Waals surface area contributed by atoms with Crippen LogP contribution in [0.25, 0.3) is 6.08 Å². The van der Waals surface area contributed by atoms with Crippen molar-refractivity contribution in [1.29, 1.82) is 0 Å². The van der Waals surface area contributed by atoms with Crippen molar-refractivity contribution >= 4 is 50.9 Å². The van der Waals surface area contributed by atoms with Crippen LogP contribution in [0, 0.1) is 0 Å². The summed E-state index contributed by atoms with van der Waals surface area (Å²) in [6.07, 6.45) is 1.59. The molecule has 1 saturated heterocycles. The molecule has 1 heterocycles. The summed E-state index contributed by atoms with van der Waals surface area (Å²) < 4.78 is 10.8. The minimum atomic E-state index is -0.517. The second kappa shape index (κ2) is 9.07. The van der Waals surface area contributed by atoms with Crippen LogP contribution in [0.1, 0.15) is 11.1 Å². The Balaban J connectivity index is 1.83. The lowest BCUT2D eigenvalue weighted by Gasteiger charge is -2.12. The van der Waals surface area contributed by atoms with Crippen LogP contribution < -0.4 is 4.74 Å². The third-order valence-electron chi connectivity index (χ3n) is 3.89. The molecular formula is C20H16BrNO5S. The van der Waals surface area contributed by atoms with Gasteiger partial charge in [-0.25, -0.2) is 4.79 Å². The third kappa shape index (κ3) is 4.82. The number of rotatable bonds is 6. The largest absolute Gasteiger partial charge is 0.481 e. The van der Waals surface area contributed by atoms with Gasteiger partial charge >= 0.3 is 5.97 Å². The normalized spacial score (nSPS) is 15.2. The van der Waals surface area contributed by atoms with Crippen molar-refractivity contribution < 1.29 is 23.9 Å². The molecule has 28 heavy (non-hydrogen) atoms. The monoisotopic (exact) mass is 461 g/mol. The molecule has 2 amide bonds. The summed E-state index contributed by atoms with van der Waals surface area (Å²) in [5.41, 5.74) is 1.44. The number of amides is 2. The van der Waals surface area contributed by atoms with E-state index in [0.29, 0.717) is 16.2 Å². The number of carbonyl (C=O) groups is 3. The zero-order chi connectivity index (χ0) is 20.1. The Morgan fingerprint density at radius 3 is 2.64 bits per heavy atom. The number of nitrogens with zero attached hydrogens (tertiary/aromatic N) is 1. The van der Waals surface area contributed by atoms with E-state index < -0.39 is 5.97 Å². The van der Waals surface area contributed by atoms with E-state index in [0.717, 1.165) is 21.8 Å². The number of hydrogen-bond acceptors (Lipinski definition) is 6. The number of halogens is 1. The second-order valence-electron chi connectivity index (χ2n) is 5.80. The van der Waals surface area contributed by atoms with Gasteiger partial charge in [0.2, 0.25) is 0 Å². The predicted molar refractivity (Wildman–Crippen MR) is 110 cm³/mol. The number of ether oxygens (including phenoxy) is 2. The first-order chi connectivity index (χ1) is 13.5. The van der Waals surface area contributed by atoms with Crippen molar-refractivity contribution in [2.24, 2.45) is 0 Å². The predicted octanol–water partition coefficient (Wildman–Crippen LogP) is 4.24. The number of thioether (sulfide) groups is 1. The number of esters is 1. The van der Waals surface area contributed by atoms with Gasteiger partial charge in [-0.15, -0.1) is 0 Å². The molecule has 144 valence electrons. The summed E-state index contributed by atoms with van der Waals surface area (Å²) in [6, 6.07) is 14.5. The Labute approximate surface area is 174 Å². The van der Waals surface area contributed by atoms with Crippen LogP contribution in [-0.4, -0.2) is 35.7 Å². The van der Waals surface area contributed by atoms with Gasteiger partial charge < -0.3 is 9.47 Å². The SMILES string of the molecule is COC(=O)COc1ccc(Br)cc1/C=C1\SC(=O)N(Cc2ccccc2)C1=O. The molecule has 0 aliphatic carbocycles. The lowest BCUT2D eigenvalue weighted by atomic mass is 10.1. The van der Waals surface area contributed by atoms with Gasteiger partial charge in [0.25, 0.3) is 11.1 Å². The van der Waals surface area contributed by atoms with Crippen LogP contribution in [0.3, 0.4) is 0 Å². The summed E-state index contributed by atoms with van der Waals surface area (Å²) >= 11 is 4.25. The number of carbonyl (C=O) groups excluding carboxylic acids is 3. The van der Waals surface area contributed by atoms with Crippen molar-refractivity contribution in [2.45, 2.75) is 6.54 Å². The standard InChI is InChI=1S/C20H16BrNO5S/c1-26-18(23)12-27-16-8-7-15(21)9-14(16)10-17-19(24)22(20(25)28-17)11-13-5-3-2-4-6-13/h2-10H,11-12H2,1H3/b17-10-. The maximum atomic E-state index is 12.7. The molecule has 3 rings (SSSR count). The maximum absolute atomic E-state index is 12.7. The molecule has 0 N–H and O–H groups in total. The van der Waals surface area contributed by atoms with E-state index in [4.69, 9.17) is 4.74 Å². The van der Waals surface area contributed by atoms with Gasteiger partial charge in [-0.1, -0.05) is 46.3 Å². The average Bonchev–Trinajstić information content (AvgIpc) is 2.95. The molecule has 6 nitrogen and oxygen atoms in total. The van der Waals surface area contributed by atoms with Crippen LogP contribution >= 0.6 is 27.7 Å². The highest BCUT2D eigenvalue weighted by Gasteiger charge is 2.35. The highest BCUT2D eigenvalue weighted by molar-refractivity contribution is 9.10. The fourth-order valence-corrected chi connectivity index (χ4v) is 3.71. The molecule has 0 bridgehead atoms. The minimum absolute atomic E-state index is 0.215. The van der Waals surface area contributed by atoms with Gasteiger partial charge in [0, 0.05) is 10.0 Å². The fourth-order valence-electron chi connectivity index (χ4n) is 2.50. The topological polar surface area (TPSA) is 72.9 Å². The van der Waals surface area contributed by atoms with E-state index in [1.165, 1.54) is 12.0 Å². The maximum Gasteiger partial charge on any atom is 0.343 e.